The molecular formula is C20H20ClFN4. The van der Waals surface area contributed by atoms with Crippen molar-refractivity contribution in [1.29, 1.82) is 0 Å². The lowest BCUT2D eigenvalue weighted by Crippen LogP contribution is -2.46. The van der Waals surface area contributed by atoms with Gasteiger partial charge in [0.05, 0.1) is 0 Å². The molecule has 26 heavy (non-hydrogen) atoms. The summed E-state index contributed by atoms with van der Waals surface area (Å²) in [5.41, 5.74) is 1.75. The van der Waals surface area contributed by atoms with Crippen molar-refractivity contribution in [2.75, 3.05) is 31.1 Å². The van der Waals surface area contributed by atoms with E-state index in [-0.39, 0.29) is 5.82 Å². The summed E-state index contributed by atoms with van der Waals surface area (Å²) in [6.07, 6.45) is 3.76. The fourth-order valence-corrected chi connectivity index (χ4v) is 3.52. The molecule has 1 fully saturated rings. The van der Waals surface area contributed by atoms with Crippen LogP contribution in [0.25, 0.3) is 5.69 Å². The van der Waals surface area contributed by atoms with Crippen LogP contribution in [-0.2, 0) is 6.54 Å². The first-order chi connectivity index (χ1) is 12.7. The van der Waals surface area contributed by atoms with Gasteiger partial charge in [0, 0.05) is 61.4 Å². The minimum atomic E-state index is -0.133. The maximum absolute atomic E-state index is 13.9. The second-order valence-electron chi connectivity index (χ2n) is 6.43. The van der Waals surface area contributed by atoms with E-state index >= 15 is 0 Å². The Kier molecular flexibility index (Phi) is 4.91. The van der Waals surface area contributed by atoms with Crippen molar-refractivity contribution in [3.05, 3.63) is 77.3 Å². The molecule has 1 aliphatic rings. The normalized spacial score (nSPS) is 15.4. The Morgan fingerprint density at radius 1 is 1.00 bits per heavy atom. The molecule has 0 spiro atoms. The first-order valence-corrected chi connectivity index (χ1v) is 9.08. The quantitative estimate of drug-likeness (QED) is 0.694. The van der Waals surface area contributed by atoms with Crippen molar-refractivity contribution in [3.63, 3.8) is 0 Å². The van der Waals surface area contributed by atoms with Crippen molar-refractivity contribution < 1.29 is 4.39 Å². The van der Waals surface area contributed by atoms with Crippen LogP contribution in [0.3, 0.4) is 0 Å². The number of anilines is 1. The second kappa shape index (κ2) is 7.48. The van der Waals surface area contributed by atoms with Gasteiger partial charge in [0.25, 0.3) is 0 Å². The summed E-state index contributed by atoms with van der Waals surface area (Å²) in [5.74, 6) is 0.782. The molecule has 0 aliphatic carbocycles. The van der Waals surface area contributed by atoms with E-state index in [0.717, 1.165) is 43.4 Å². The molecule has 134 valence electrons. The predicted molar refractivity (Wildman–Crippen MR) is 102 cm³/mol. The number of hydrogen-bond donors (Lipinski definition) is 0. The molecule has 2 heterocycles. The van der Waals surface area contributed by atoms with Crippen LogP contribution in [-0.4, -0.2) is 40.6 Å². The van der Waals surface area contributed by atoms with E-state index in [9.17, 15) is 4.39 Å². The van der Waals surface area contributed by atoms with Gasteiger partial charge in [-0.3, -0.25) is 9.47 Å². The van der Waals surface area contributed by atoms with Gasteiger partial charge in [-0.15, -0.1) is 0 Å². The molecule has 1 saturated heterocycles. The van der Waals surface area contributed by atoms with Crippen molar-refractivity contribution in [2.45, 2.75) is 6.54 Å². The van der Waals surface area contributed by atoms with Gasteiger partial charge >= 0.3 is 0 Å². The molecule has 2 aromatic carbocycles. The van der Waals surface area contributed by atoms with Gasteiger partial charge in [-0.05, 0) is 24.3 Å². The molecule has 6 heteroatoms. The summed E-state index contributed by atoms with van der Waals surface area (Å²) in [7, 11) is 0. The minimum absolute atomic E-state index is 0.133. The maximum Gasteiger partial charge on any atom is 0.210 e. The van der Waals surface area contributed by atoms with E-state index in [1.54, 1.807) is 6.07 Å². The molecule has 0 unspecified atom stereocenters. The first kappa shape index (κ1) is 17.1. The van der Waals surface area contributed by atoms with Gasteiger partial charge in [0.1, 0.15) is 5.82 Å². The van der Waals surface area contributed by atoms with E-state index in [1.807, 2.05) is 48.8 Å². The Morgan fingerprint density at radius 2 is 1.81 bits per heavy atom. The molecule has 0 bridgehead atoms. The van der Waals surface area contributed by atoms with Crippen molar-refractivity contribution in [1.82, 2.24) is 14.5 Å². The number of imidazole rings is 1. The van der Waals surface area contributed by atoms with Crippen molar-refractivity contribution in [3.8, 4) is 5.69 Å². The number of nitrogens with zero attached hydrogens (tertiary/aromatic N) is 4. The summed E-state index contributed by atoms with van der Waals surface area (Å²) in [4.78, 5) is 9.08. The summed E-state index contributed by atoms with van der Waals surface area (Å²) in [6, 6.07) is 14.7. The average molecular weight is 371 g/mol. The number of benzene rings is 2. The first-order valence-electron chi connectivity index (χ1n) is 8.71. The van der Waals surface area contributed by atoms with Crippen LogP contribution in [0.5, 0.6) is 0 Å². The standard InChI is InChI=1S/C20H20ClFN4/c21-17-5-3-6-18(14-17)26-9-8-23-20(26)25-12-10-24(11-13-25)15-16-4-1-2-7-19(16)22/h1-9,14H,10-13,15H2. The summed E-state index contributed by atoms with van der Waals surface area (Å²) in [6.45, 7) is 4.09. The Bertz CT molecular complexity index is 887. The molecule has 0 saturated carbocycles. The zero-order chi connectivity index (χ0) is 17.9. The SMILES string of the molecule is Fc1ccccc1CN1CCN(c2nccn2-c2cccc(Cl)c2)CC1. The van der Waals surface area contributed by atoms with E-state index < -0.39 is 0 Å². The van der Waals surface area contributed by atoms with Gasteiger partial charge < -0.3 is 4.90 Å². The monoisotopic (exact) mass is 370 g/mol. The maximum atomic E-state index is 13.9. The van der Waals surface area contributed by atoms with E-state index in [4.69, 9.17) is 11.6 Å². The number of piperazine rings is 1. The molecule has 4 rings (SSSR count). The van der Waals surface area contributed by atoms with Crippen molar-refractivity contribution >= 4 is 17.5 Å². The van der Waals surface area contributed by atoms with Gasteiger partial charge in [0.15, 0.2) is 0 Å². The Morgan fingerprint density at radius 3 is 2.58 bits per heavy atom. The fourth-order valence-electron chi connectivity index (χ4n) is 3.33. The van der Waals surface area contributed by atoms with Gasteiger partial charge in [-0.25, -0.2) is 9.37 Å². The lowest BCUT2D eigenvalue weighted by Gasteiger charge is -2.35. The number of rotatable bonds is 4. The summed E-state index contributed by atoms with van der Waals surface area (Å²) >= 11 is 6.12. The van der Waals surface area contributed by atoms with Gasteiger partial charge in [-0.2, -0.15) is 0 Å². The zero-order valence-corrected chi connectivity index (χ0v) is 15.1. The van der Waals surface area contributed by atoms with Crippen LogP contribution >= 0.6 is 11.6 Å². The zero-order valence-electron chi connectivity index (χ0n) is 14.4. The molecule has 0 amide bonds. The highest BCUT2D eigenvalue weighted by Crippen LogP contribution is 2.22. The number of hydrogen-bond acceptors (Lipinski definition) is 3. The molecule has 1 aliphatic heterocycles. The van der Waals surface area contributed by atoms with Gasteiger partial charge in [0.2, 0.25) is 5.95 Å². The van der Waals surface area contributed by atoms with Crippen LogP contribution in [0.1, 0.15) is 5.56 Å². The molecule has 0 N–H and O–H groups in total. The Hall–Kier alpha value is -2.37. The smallest absolute Gasteiger partial charge is 0.210 e. The highest BCUT2D eigenvalue weighted by molar-refractivity contribution is 6.30. The predicted octanol–water partition coefficient (Wildman–Crippen LogP) is 3.99. The van der Waals surface area contributed by atoms with Crippen LogP contribution in [0.4, 0.5) is 10.3 Å². The molecule has 0 atom stereocenters. The molecular weight excluding hydrogens is 351 g/mol. The Balaban J connectivity index is 1.44. The molecule has 4 nitrogen and oxygen atoms in total. The lowest BCUT2D eigenvalue weighted by atomic mass is 10.2. The highest BCUT2D eigenvalue weighted by Gasteiger charge is 2.21. The summed E-state index contributed by atoms with van der Waals surface area (Å²) < 4.78 is 15.9. The van der Waals surface area contributed by atoms with Crippen LogP contribution < -0.4 is 4.90 Å². The Labute approximate surface area is 157 Å². The minimum Gasteiger partial charge on any atom is -0.339 e. The van der Waals surface area contributed by atoms with Crippen molar-refractivity contribution in [2.24, 2.45) is 0 Å². The summed E-state index contributed by atoms with van der Waals surface area (Å²) in [5, 5.41) is 0.705. The largest absolute Gasteiger partial charge is 0.339 e. The average Bonchev–Trinajstić information content (AvgIpc) is 3.14. The van der Waals surface area contributed by atoms with Crippen LogP contribution in [0.2, 0.25) is 5.02 Å². The lowest BCUT2D eigenvalue weighted by molar-refractivity contribution is 0.245. The van der Waals surface area contributed by atoms with Crippen LogP contribution in [0, 0.1) is 5.82 Å². The van der Waals surface area contributed by atoms with E-state index in [1.165, 1.54) is 6.07 Å². The third-order valence-corrected chi connectivity index (χ3v) is 4.95. The second-order valence-corrected chi connectivity index (χ2v) is 6.87. The topological polar surface area (TPSA) is 24.3 Å². The third-order valence-electron chi connectivity index (χ3n) is 4.71. The van der Waals surface area contributed by atoms with E-state index in [2.05, 4.69) is 19.4 Å². The molecule has 1 aromatic heterocycles. The molecule has 0 radical (unpaired) electrons. The highest BCUT2D eigenvalue weighted by atomic mass is 35.5. The van der Waals surface area contributed by atoms with Crippen LogP contribution in [0.15, 0.2) is 60.9 Å². The number of aromatic nitrogens is 2. The molecule has 3 aromatic rings. The number of halogens is 2. The fraction of sp³-hybridized carbons (Fsp3) is 0.250. The van der Waals surface area contributed by atoms with E-state index in [0.29, 0.717) is 11.6 Å². The van der Waals surface area contributed by atoms with Gasteiger partial charge in [-0.1, -0.05) is 35.9 Å². The third kappa shape index (κ3) is 3.59.